The number of hydrogen-bond acceptors (Lipinski definition) is 4. The van der Waals surface area contributed by atoms with E-state index in [9.17, 15) is 10.1 Å². The minimum Gasteiger partial charge on any atom is -0.443 e. The van der Waals surface area contributed by atoms with Gasteiger partial charge in [-0.3, -0.25) is 9.36 Å². The number of amides is 1. The molecule has 6 heteroatoms. The largest absolute Gasteiger partial charge is 0.443 e. The summed E-state index contributed by atoms with van der Waals surface area (Å²) in [5, 5.41) is 15.9. The summed E-state index contributed by atoms with van der Waals surface area (Å²) < 4.78 is 7.77. The lowest BCUT2D eigenvalue weighted by Gasteiger charge is -2.06. The Morgan fingerprint density at radius 2 is 1.91 bits per heavy atom. The zero-order valence-electron chi connectivity index (χ0n) is 18.6. The summed E-state index contributed by atoms with van der Waals surface area (Å²) in [6.07, 6.45) is 1.86. The number of nitrogens with one attached hydrogen (secondary N) is 1. The van der Waals surface area contributed by atoms with Crippen molar-refractivity contribution in [2.24, 2.45) is 5.10 Å². The highest BCUT2D eigenvalue weighted by molar-refractivity contribution is 5.90. The molecule has 6 nitrogen and oxygen atoms in total. The molecule has 0 saturated carbocycles. The summed E-state index contributed by atoms with van der Waals surface area (Å²) >= 11 is 0. The summed E-state index contributed by atoms with van der Waals surface area (Å²) in [6.45, 7) is 7.60. The molecule has 4 rings (SSSR count). The van der Waals surface area contributed by atoms with Gasteiger partial charge in [0.25, 0.3) is 0 Å². The number of nitrogens with zero attached hydrogens (tertiary/aromatic N) is 3. The van der Waals surface area contributed by atoms with E-state index in [1.807, 2.05) is 80.8 Å². The molecule has 1 amide bonds. The fourth-order valence-corrected chi connectivity index (χ4v) is 3.96. The van der Waals surface area contributed by atoms with Crippen molar-refractivity contribution in [2.75, 3.05) is 0 Å². The second-order valence-electron chi connectivity index (χ2n) is 7.85. The van der Waals surface area contributed by atoms with Crippen LogP contribution in [-0.2, 0) is 11.2 Å². The normalized spacial score (nSPS) is 11.2. The van der Waals surface area contributed by atoms with Gasteiger partial charge in [0, 0.05) is 22.5 Å². The zero-order chi connectivity index (χ0) is 22.8. The van der Waals surface area contributed by atoms with Gasteiger partial charge in [-0.2, -0.15) is 10.4 Å². The van der Waals surface area contributed by atoms with Gasteiger partial charge in [-0.25, -0.2) is 5.43 Å². The number of aryl methyl sites for hydroxylation is 2. The van der Waals surface area contributed by atoms with E-state index in [0.29, 0.717) is 11.4 Å². The Labute approximate surface area is 186 Å². The van der Waals surface area contributed by atoms with Crippen molar-refractivity contribution in [2.45, 2.75) is 34.1 Å². The number of nitriles is 1. The Morgan fingerprint density at radius 1 is 1.16 bits per heavy atom. The van der Waals surface area contributed by atoms with Crippen LogP contribution in [-0.4, -0.2) is 16.7 Å². The van der Waals surface area contributed by atoms with Gasteiger partial charge < -0.3 is 4.42 Å². The van der Waals surface area contributed by atoms with Crippen molar-refractivity contribution in [3.05, 3.63) is 87.9 Å². The Balaban J connectivity index is 1.52. The van der Waals surface area contributed by atoms with Crippen molar-refractivity contribution in [1.82, 2.24) is 9.99 Å². The minimum absolute atomic E-state index is 0.185. The van der Waals surface area contributed by atoms with Crippen LogP contribution in [0.2, 0.25) is 0 Å². The number of hydrazone groups is 1. The predicted octanol–water partition coefficient (Wildman–Crippen LogP) is 5.02. The van der Waals surface area contributed by atoms with Crippen molar-refractivity contribution in [1.29, 1.82) is 5.26 Å². The van der Waals surface area contributed by atoms with Crippen LogP contribution in [0.4, 0.5) is 0 Å². The van der Waals surface area contributed by atoms with Gasteiger partial charge >= 0.3 is 0 Å². The summed E-state index contributed by atoms with van der Waals surface area (Å²) in [7, 11) is 0. The standard InChI is InChI=1S/C26H24N4O2/c1-16-12-22(18(3)30(16)26-24(14-27)17(2)19(4)32-26)15-28-29-25(31)13-21-10-7-9-20-8-5-6-11-23(20)21/h5-12,15H,13H2,1-4H3,(H,29,31)/b28-15-. The Bertz CT molecular complexity index is 1390. The first kappa shape index (κ1) is 21.1. The molecule has 2 heterocycles. The van der Waals surface area contributed by atoms with Crippen LogP contribution in [0.25, 0.3) is 16.7 Å². The number of fused-ring (bicyclic) bond motifs is 1. The molecule has 0 spiro atoms. The van der Waals surface area contributed by atoms with Crippen molar-refractivity contribution >= 4 is 22.9 Å². The fraction of sp³-hybridized carbons (Fsp3) is 0.192. The smallest absolute Gasteiger partial charge is 0.244 e. The Hall–Kier alpha value is -4.11. The summed E-state index contributed by atoms with van der Waals surface area (Å²) in [4.78, 5) is 12.5. The molecule has 32 heavy (non-hydrogen) atoms. The summed E-state index contributed by atoms with van der Waals surface area (Å²) in [6, 6.07) is 18.1. The first-order valence-electron chi connectivity index (χ1n) is 10.4. The Kier molecular flexibility index (Phi) is 5.65. The van der Waals surface area contributed by atoms with Gasteiger partial charge in [-0.1, -0.05) is 42.5 Å². The molecule has 0 atom stereocenters. The third-order valence-corrected chi connectivity index (χ3v) is 5.78. The van der Waals surface area contributed by atoms with E-state index in [4.69, 9.17) is 4.42 Å². The quantitative estimate of drug-likeness (QED) is 0.361. The molecule has 0 saturated heterocycles. The van der Waals surface area contributed by atoms with Crippen LogP contribution in [0.3, 0.4) is 0 Å². The van der Waals surface area contributed by atoms with E-state index < -0.39 is 0 Å². The molecule has 0 aliphatic heterocycles. The molecule has 0 bridgehead atoms. The SMILES string of the molecule is Cc1oc(-n2c(C)cc(/C=N\NC(=O)Cc3cccc4ccccc34)c2C)c(C#N)c1C. The first-order valence-corrected chi connectivity index (χ1v) is 10.4. The van der Waals surface area contributed by atoms with E-state index in [1.54, 1.807) is 6.21 Å². The molecule has 1 N–H and O–H groups in total. The molecule has 2 aromatic carbocycles. The van der Waals surface area contributed by atoms with Crippen LogP contribution in [0.5, 0.6) is 0 Å². The molecule has 0 aliphatic carbocycles. The van der Waals surface area contributed by atoms with Crippen molar-refractivity contribution < 1.29 is 9.21 Å². The lowest BCUT2D eigenvalue weighted by Crippen LogP contribution is -2.19. The number of carbonyl (C=O) groups is 1. The van der Waals surface area contributed by atoms with E-state index in [2.05, 4.69) is 16.6 Å². The van der Waals surface area contributed by atoms with Crippen LogP contribution in [0, 0.1) is 39.0 Å². The highest BCUT2D eigenvalue weighted by atomic mass is 16.4. The molecular formula is C26H24N4O2. The van der Waals surface area contributed by atoms with Gasteiger partial charge in [0.2, 0.25) is 11.8 Å². The number of carbonyl (C=O) groups excluding carboxylic acids is 1. The van der Waals surface area contributed by atoms with E-state index >= 15 is 0 Å². The minimum atomic E-state index is -0.185. The van der Waals surface area contributed by atoms with E-state index in [1.165, 1.54) is 0 Å². The molecule has 160 valence electrons. The van der Waals surface area contributed by atoms with E-state index in [0.717, 1.165) is 44.6 Å². The Morgan fingerprint density at radius 3 is 2.69 bits per heavy atom. The average molecular weight is 425 g/mol. The topological polar surface area (TPSA) is 83.3 Å². The molecular weight excluding hydrogens is 400 g/mol. The van der Waals surface area contributed by atoms with Crippen LogP contribution < -0.4 is 5.43 Å². The monoisotopic (exact) mass is 424 g/mol. The molecule has 0 radical (unpaired) electrons. The first-order chi connectivity index (χ1) is 15.4. The molecule has 2 aromatic heterocycles. The maximum atomic E-state index is 12.5. The zero-order valence-corrected chi connectivity index (χ0v) is 18.6. The van der Waals surface area contributed by atoms with Crippen LogP contribution in [0.15, 0.2) is 58.0 Å². The number of furan rings is 1. The highest BCUT2D eigenvalue weighted by Gasteiger charge is 2.20. The number of aromatic nitrogens is 1. The fourth-order valence-electron chi connectivity index (χ4n) is 3.96. The number of hydrogen-bond donors (Lipinski definition) is 1. The summed E-state index contributed by atoms with van der Waals surface area (Å²) in [5.74, 6) is 1.05. The average Bonchev–Trinajstić information content (AvgIpc) is 3.22. The lowest BCUT2D eigenvalue weighted by molar-refractivity contribution is -0.120. The van der Waals surface area contributed by atoms with Crippen molar-refractivity contribution in [3.8, 4) is 12.0 Å². The maximum absolute atomic E-state index is 12.5. The second kappa shape index (κ2) is 8.56. The van der Waals surface area contributed by atoms with Crippen LogP contribution >= 0.6 is 0 Å². The molecule has 0 fully saturated rings. The second-order valence-corrected chi connectivity index (χ2v) is 7.85. The lowest BCUT2D eigenvalue weighted by atomic mass is 10.0. The van der Waals surface area contributed by atoms with Gasteiger partial charge in [-0.15, -0.1) is 0 Å². The molecule has 0 aliphatic rings. The van der Waals surface area contributed by atoms with Gasteiger partial charge in [-0.05, 0) is 50.1 Å². The number of benzene rings is 2. The third kappa shape index (κ3) is 3.81. The van der Waals surface area contributed by atoms with Gasteiger partial charge in [0.15, 0.2) is 0 Å². The number of rotatable bonds is 5. The third-order valence-electron chi connectivity index (χ3n) is 5.78. The summed E-state index contributed by atoms with van der Waals surface area (Å²) in [5.41, 5.74) is 7.57. The van der Waals surface area contributed by atoms with Crippen LogP contribution in [0.1, 0.15) is 39.4 Å². The van der Waals surface area contributed by atoms with E-state index in [-0.39, 0.29) is 12.3 Å². The predicted molar refractivity (Wildman–Crippen MR) is 125 cm³/mol. The molecule has 0 unspecified atom stereocenters. The van der Waals surface area contributed by atoms with Gasteiger partial charge in [0.1, 0.15) is 17.4 Å². The van der Waals surface area contributed by atoms with Crippen molar-refractivity contribution in [3.63, 3.8) is 0 Å². The highest BCUT2D eigenvalue weighted by Crippen LogP contribution is 2.28. The maximum Gasteiger partial charge on any atom is 0.244 e. The van der Waals surface area contributed by atoms with Gasteiger partial charge in [0.05, 0.1) is 12.6 Å². The molecule has 4 aromatic rings.